The first-order valence-corrected chi connectivity index (χ1v) is 15.4. The van der Waals surface area contributed by atoms with E-state index in [1.165, 1.54) is 10.4 Å². The van der Waals surface area contributed by atoms with Crippen LogP contribution in [-0.4, -0.2) is 85.0 Å². The van der Waals surface area contributed by atoms with Crippen LogP contribution >= 0.6 is 0 Å². The van der Waals surface area contributed by atoms with Gasteiger partial charge in [0.05, 0.1) is 41.7 Å². The van der Waals surface area contributed by atoms with Gasteiger partial charge in [-0.1, -0.05) is 44.2 Å². The van der Waals surface area contributed by atoms with Crippen LogP contribution in [0.2, 0.25) is 0 Å². The molecule has 0 bridgehead atoms. The summed E-state index contributed by atoms with van der Waals surface area (Å²) in [5.74, 6) is -0.0352. The lowest BCUT2D eigenvalue weighted by Crippen LogP contribution is -2.51. The average Bonchev–Trinajstić information content (AvgIpc) is 3.66. The maximum atomic E-state index is 13.9. The first kappa shape index (κ1) is 29.5. The minimum absolute atomic E-state index is 0.00851. The Morgan fingerprint density at radius 3 is 2.73 bits per heavy atom. The number of benzene rings is 2. The van der Waals surface area contributed by atoms with Crippen molar-refractivity contribution >= 4 is 27.0 Å². The minimum atomic E-state index is -3.98. The molecule has 1 unspecified atom stereocenters. The van der Waals surface area contributed by atoms with Crippen LogP contribution in [0.4, 0.5) is 4.79 Å². The van der Waals surface area contributed by atoms with Gasteiger partial charge >= 0.3 is 6.09 Å². The molecule has 3 N–H and O–H groups in total. The number of aromatic nitrogens is 2. The number of nitrogens with zero attached hydrogens (tertiary/aromatic N) is 2. The Hall–Kier alpha value is -3.03. The standard InChI is InChI=1S/C29H38N4O7S/c1-18(2)15-33(41(36,37)21-9-10-24-23(14-21)19(3)31-32-24)16-26(34)25(13-20-7-5-4-6-8-20)30-29(35)40-27-17-39-28-22(27)11-12-38-28/h4-10,14,18,22,25-28,34H,11-13,15-17H2,1-3H3,(H,30,35)(H,31,32)/t22-,25-,26+,27?,28+/m0/s1. The van der Waals surface area contributed by atoms with Gasteiger partial charge in [-0.2, -0.15) is 9.40 Å². The van der Waals surface area contributed by atoms with Gasteiger partial charge in [0.25, 0.3) is 0 Å². The Balaban J connectivity index is 1.35. The number of hydrogen-bond donors (Lipinski definition) is 3. The van der Waals surface area contributed by atoms with Crippen LogP contribution in [0, 0.1) is 18.8 Å². The molecular weight excluding hydrogens is 548 g/mol. The number of aliphatic hydroxyl groups excluding tert-OH is 1. The molecule has 5 atom stereocenters. The predicted molar refractivity (Wildman–Crippen MR) is 152 cm³/mol. The second-order valence-electron chi connectivity index (χ2n) is 11.2. The van der Waals surface area contributed by atoms with Crippen molar-refractivity contribution in [3.63, 3.8) is 0 Å². The van der Waals surface area contributed by atoms with E-state index in [-0.39, 0.29) is 49.1 Å². The van der Waals surface area contributed by atoms with Crippen molar-refractivity contribution < 1.29 is 32.5 Å². The monoisotopic (exact) mass is 586 g/mol. The fraction of sp³-hybridized carbons (Fsp3) is 0.517. The molecule has 41 heavy (non-hydrogen) atoms. The third-order valence-electron chi connectivity index (χ3n) is 7.62. The summed E-state index contributed by atoms with van der Waals surface area (Å²) in [6.07, 6.45) is -1.70. The molecule has 1 aromatic heterocycles. The number of H-pyrrole nitrogens is 1. The van der Waals surface area contributed by atoms with Gasteiger partial charge < -0.3 is 24.6 Å². The molecule has 1 amide bonds. The Labute approximate surface area is 240 Å². The van der Waals surface area contributed by atoms with Crippen LogP contribution in [0.3, 0.4) is 0 Å². The largest absolute Gasteiger partial charge is 0.443 e. The highest BCUT2D eigenvalue weighted by Crippen LogP contribution is 2.33. The van der Waals surface area contributed by atoms with Crippen molar-refractivity contribution in [2.75, 3.05) is 26.3 Å². The van der Waals surface area contributed by atoms with Gasteiger partial charge in [0.1, 0.15) is 6.10 Å². The number of amides is 1. The predicted octanol–water partition coefficient (Wildman–Crippen LogP) is 2.98. The average molecular weight is 587 g/mol. The van der Waals surface area contributed by atoms with Crippen LogP contribution < -0.4 is 5.32 Å². The zero-order chi connectivity index (χ0) is 29.1. The lowest BCUT2D eigenvalue weighted by atomic mass is 10.0. The van der Waals surface area contributed by atoms with Crippen molar-refractivity contribution in [2.45, 2.75) is 63.0 Å². The van der Waals surface area contributed by atoms with E-state index in [1.54, 1.807) is 12.1 Å². The second-order valence-corrected chi connectivity index (χ2v) is 13.2. The molecule has 3 heterocycles. The van der Waals surface area contributed by atoms with Crippen molar-refractivity contribution in [1.29, 1.82) is 0 Å². The number of hydrogen-bond acceptors (Lipinski definition) is 8. The van der Waals surface area contributed by atoms with Crippen LogP contribution in [0.15, 0.2) is 53.4 Å². The van der Waals surface area contributed by atoms with Gasteiger partial charge in [0.2, 0.25) is 10.0 Å². The Morgan fingerprint density at radius 2 is 1.98 bits per heavy atom. The molecular formula is C29H38N4O7S. The molecule has 11 nitrogen and oxygen atoms in total. The Morgan fingerprint density at radius 1 is 1.20 bits per heavy atom. The molecule has 222 valence electrons. The third kappa shape index (κ3) is 6.73. The molecule has 5 rings (SSSR count). The highest BCUT2D eigenvalue weighted by molar-refractivity contribution is 7.89. The summed E-state index contributed by atoms with van der Waals surface area (Å²) in [6.45, 7) is 6.43. The first-order valence-electron chi connectivity index (χ1n) is 14.0. The number of sulfonamides is 1. The number of fused-ring (bicyclic) bond motifs is 2. The van der Waals surface area contributed by atoms with Crippen LogP contribution in [0.5, 0.6) is 0 Å². The van der Waals surface area contributed by atoms with Crippen molar-refractivity contribution in [2.24, 2.45) is 11.8 Å². The summed E-state index contributed by atoms with van der Waals surface area (Å²) in [4.78, 5) is 13.1. The van der Waals surface area contributed by atoms with E-state index >= 15 is 0 Å². The molecule has 0 spiro atoms. The van der Waals surface area contributed by atoms with Crippen LogP contribution in [-0.2, 0) is 30.7 Å². The number of rotatable bonds is 11. The van der Waals surface area contributed by atoms with E-state index in [0.717, 1.165) is 17.7 Å². The van der Waals surface area contributed by atoms with Crippen LogP contribution in [0.1, 0.15) is 31.5 Å². The first-order chi connectivity index (χ1) is 19.6. The third-order valence-corrected chi connectivity index (χ3v) is 9.45. The van der Waals surface area contributed by atoms with Crippen molar-refractivity contribution in [3.8, 4) is 0 Å². The molecule has 2 saturated heterocycles. The lowest BCUT2D eigenvalue weighted by Gasteiger charge is -2.31. The summed E-state index contributed by atoms with van der Waals surface area (Å²) in [5.41, 5.74) is 2.32. The lowest BCUT2D eigenvalue weighted by molar-refractivity contribution is -0.0907. The Kier molecular flexibility index (Phi) is 8.95. The molecule has 2 aromatic carbocycles. The topological polar surface area (TPSA) is 143 Å². The van der Waals surface area contributed by atoms with Gasteiger partial charge in [0.15, 0.2) is 6.29 Å². The number of aryl methyl sites for hydroxylation is 1. The van der Waals surface area contributed by atoms with E-state index in [0.29, 0.717) is 17.5 Å². The van der Waals surface area contributed by atoms with Gasteiger partial charge in [-0.05, 0) is 49.4 Å². The van der Waals surface area contributed by atoms with E-state index in [1.807, 2.05) is 51.1 Å². The summed E-state index contributed by atoms with van der Waals surface area (Å²) in [6, 6.07) is 13.4. The maximum Gasteiger partial charge on any atom is 0.407 e. The number of carbonyl (C=O) groups is 1. The highest BCUT2D eigenvalue weighted by Gasteiger charge is 2.44. The number of carbonyl (C=O) groups excluding carboxylic acids is 1. The van der Waals surface area contributed by atoms with Gasteiger partial charge in [0, 0.05) is 24.2 Å². The molecule has 2 fully saturated rings. The minimum Gasteiger partial charge on any atom is -0.443 e. The summed E-state index contributed by atoms with van der Waals surface area (Å²) < 4.78 is 45.8. The maximum absolute atomic E-state index is 13.9. The second kappa shape index (κ2) is 12.5. The van der Waals surface area contributed by atoms with Crippen molar-refractivity contribution in [1.82, 2.24) is 19.8 Å². The smallest absolute Gasteiger partial charge is 0.407 e. The summed E-state index contributed by atoms with van der Waals surface area (Å²) >= 11 is 0. The summed E-state index contributed by atoms with van der Waals surface area (Å²) in [5, 5.41) is 22.1. The number of nitrogens with one attached hydrogen (secondary N) is 2. The molecule has 2 aliphatic rings. The molecule has 0 aliphatic carbocycles. The fourth-order valence-electron chi connectivity index (χ4n) is 5.46. The molecule has 0 radical (unpaired) electrons. The van der Waals surface area contributed by atoms with E-state index < -0.39 is 34.4 Å². The van der Waals surface area contributed by atoms with E-state index in [4.69, 9.17) is 14.2 Å². The quantitative estimate of drug-likeness (QED) is 0.311. The zero-order valence-corrected chi connectivity index (χ0v) is 24.3. The number of aromatic amines is 1. The number of alkyl carbamates (subject to hydrolysis) is 1. The van der Waals surface area contributed by atoms with Gasteiger partial charge in [-0.3, -0.25) is 5.10 Å². The van der Waals surface area contributed by atoms with E-state index in [9.17, 15) is 18.3 Å². The van der Waals surface area contributed by atoms with E-state index in [2.05, 4.69) is 15.5 Å². The van der Waals surface area contributed by atoms with Crippen molar-refractivity contribution in [3.05, 3.63) is 59.8 Å². The number of aliphatic hydroxyl groups is 1. The van der Waals surface area contributed by atoms with Gasteiger partial charge in [-0.25, -0.2) is 13.2 Å². The molecule has 2 aliphatic heterocycles. The van der Waals surface area contributed by atoms with Crippen LogP contribution in [0.25, 0.3) is 10.9 Å². The normalized spacial score (nSPS) is 22.2. The highest BCUT2D eigenvalue weighted by atomic mass is 32.2. The molecule has 0 saturated carbocycles. The zero-order valence-electron chi connectivity index (χ0n) is 23.5. The SMILES string of the molecule is Cc1[nH]nc2ccc(S(=O)(=O)N(CC(C)C)C[C@@H](O)[C@H](Cc3ccccc3)NC(=O)OC3CO[C@H]4OCC[C@@H]34)cc12. The van der Waals surface area contributed by atoms with Gasteiger partial charge in [-0.15, -0.1) is 0 Å². The summed E-state index contributed by atoms with van der Waals surface area (Å²) in [7, 11) is -3.98. The molecule has 12 heteroatoms. The fourth-order valence-corrected chi connectivity index (χ4v) is 7.11. The number of ether oxygens (including phenoxy) is 3. The molecule has 3 aromatic rings. The Bertz CT molecular complexity index is 1450.